The Balaban J connectivity index is 1.32. The Hall–Kier alpha value is -4.56. The molecule has 0 bridgehead atoms. The van der Waals surface area contributed by atoms with E-state index in [4.69, 9.17) is 16.3 Å². The monoisotopic (exact) mass is 511 g/mol. The van der Waals surface area contributed by atoms with Gasteiger partial charge >= 0.3 is 0 Å². The molecule has 0 fully saturated rings. The maximum absolute atomic E-state index is 13.3. The van der Waals surface area contributed by atoms with Crippen LogP contribution in [0.3, 0.4) is 0 Å². The Bertz CT molecular complexity index is 1590. The molecule has 1 aliphatic rings. The number of carbonyl (C=O) groups is 2. The molecule has 0 aliphatic heterocycles. The highest BCUT2D eigenvalue weighted by Gasteiger charge is 2.18. The van der Waals surface area contributed by atoms with E-state index < -0.39 is 0 Å². The van der Waals surface area contributed by atoms with E-state index in [1.165, 1.54) is 19.2 Å². The molecule has 0 radical (unpaired) electrons. The van der Waals surface area contributed by atoms with E-state index in [-0.39, 0.29) is 22.7 Å². The number of benzene rings is 1. The van der Waals surface area contributed by atoms with Crippen LogP contribution in [-0.2, 0) is 0 Å². The van der Waals surface area contributed by atoms with Crippen LogP contribution in [0.1, 0.15) is 44.9 Å². The summed E-state index contributed by atoms with van der Waals surface area (Å²) in [6.07, 6.45) is 10.3. The second-order valence-corrected chi connectivity index (χ2v) is 8.72. The van der Waals surface area contributed by atoms with Gasteiger partial charge in [-0.05, 0) is 61.4 Å². The van der Waals surface area contributed by atoms with E-state index in [1.807, 2.05) is 42.5 Å². The Morgan fingerprint density at radius 2 is 2.00 bits per heavy atom. The molecule has 1 amide bonds. The summed E-state index contributed by atoms with van der Waals surface area (Å²) in [5.41, 5.74) is 4.34. The normalized spacial score (nSPS) is 13.4. The highest BCUT2D eigenvalue weighted by atomic mass is 35.5. The van der Waals surface area contributed by atoms with Gasteiger partial charge in [-0.1, -0.05) is 29.8 Å². The van der Waals surface area contributed by atoms with E-state index in [0.717, 1.165) is 22.3 Å². The van der Waals surface area contributed by atoms with Crippen LogP contribution in [0.25, 0.3) is 23.1 Å². The number of pyridine rings is 2. The van der Waals surface area contributed by atoms with Gasteiger partial charge in [0.05, 0.1) is 24.0 Å². The molecule has 184 valence electrons. The number of halogens is 1. The summed E-state index contributed by atoms with van der Waals surface area (Å²) in [7, 11) is 1.45. The minimum absolute atomic E-state index is 0.137. The topological polar surface area (TPSA) is 110 Å². The molecular weight excluding hydrogens is 490 g/mol. The quantitative estimate of drug-likeness (QED) is 0.254. The van der Waals surface area contributed by atoms with Crippen LogP contribution in [0.4, 0.5) is 0 Å². The van der Waals surface area contributed by atoms with Crippen molar-refractivity contribution in [3.63, 3.8) is 0 Å². The zero-order chi connectivity index (χ0) is 25.8. The third kappa shape index (κ3) is 5.49. The fourth-order valence-electron chi connectivity index (χ4n) is 4.00. The summed E-state index contributed by atoms with van der Waals surface area (Å²) < 4.78 is 5.08. The summed E-state index contributed by atoms with van der Waals surface area (Å²) in [6, 6.07) is 14.1. The summed E-state index contributed by atoms with van der Waals surface area (Å²) in [4.78, 5) is 34.3. The van der Waals surface area contributed by atoms with Crippen molar-refractivity contribution in [1.29, 1.82) is 0 Å². The number of Topliss-reactive ketones (excluding diaryl/α,β-unsaturated/α-hetero) is 1. The zero-order valence-corrected chi connectivity index (χ0v) is 20.6. The molecule has 1 aliphatic carbocycles. The van der Waals surface area contributed by atoms with Crippen molar-refractivity contribution in [2.24, 2.45) is 0 Å². The fraction of sp³-hybridized carbons (Fsp3) is 0.107. The number of fused-ring (bicyclic) bond motifs is 1. The van der Waals surface area contributed by atoms with Crippen molar-refractivity contribution >= 4 is 46.3 Å². The van der Waals surface area contributed by atoms with Gasteiger partial charge in [0.2, 0.25) is 5.88 Å². The highest BCUT2D eigenvalue weighted by Crippen LogP contribution is 2.24. The van der Waals surface area contributed by atoms with Gasteiger partial charge < -0.3 is 10.1 Å². The minimum atomic E-state index is -0.354. The number of aromatic nitrogens is 4. The molecule has 0 atom stereocenters. The van der Waals surface area contributed by atoms with Gasteiger partial charge in [0.15, 0.2) is 5.78 Å². The van der Waals surface area contributed by atoms with Crippen LogP contribution >= 0.6 is 11.6 Å². The third-order valence-corrected chi connectivity index (χ3v) is 6.03. The van der Waals surface area contributed by atoms with Crippen molar-refractivity contribution in [1.82, 2.24) is 25.5 Å². The van der Waals surface area contributed by atoms with Gasteiger partial charge in [-0.2, -0.15) is 5.10 Å². The standard InChI is InChI=1S/C28H22ClN5O3/c1-37-26-16-19(15-25(29)32-26)28(36)31-21-7-4-5-17(13-21)27(35)18-8-10-22-23(33-34-24(22)14-18)11-9-20-6-2-3-12-30-20/h2-3,5-6,8-16H,4,7H2,1H3,(H,31,36)(H,33,34)/b11-9+. The zero-order valence-electron chi connectivity index (χ0n) is 19.9. The lowest BCUT2D eigenvalue weighted by atomic mass is 9.96. The number of rotatable bonds is 7. The Morgan fingerprint density at radius 1 is 1.11 bits per heavy atom. The molecule has 1 aromatic carbocycles. The van der Waals surface area contributed by atoms with Crippen molar-refractivity contribution in [2.45, 2.75) is 12.8 Å². The first-order valence-electron chi connectivity index (χ1n) is 11.6. The molecule has 8 nitrogen and oxygen atoms in total. The van der Waals surface area contributed by atoms with Crippen molar-refractivity contribution in [3.05, 3.63) is 106 Å². The van der Waals surface area contributed by atoms with Crippen molar-refractivity contribution in [3.8, 4) is 5.88 Å². The molecule has 0 spiro atoms. The maximum Gasteiger partial charge on any atom is 0.255 e. The number of hydrogen-bond donors (Lipinski definition) is 2. The van der Waals surface area contributed by atoms with Crippen LogP contribution in [0.2, 0.25) is 5.15 Å². The molecular formula is C28H22ClN5O3. The van der Waals surface area contributed by atoms with Gasteiger partial charge in [0, 0.05) is 40.0 Å². The fourth-order valence-corrected chi connectivity index (χ4v) is 4.20. The second kappa shape index (κ2) is 10.6. The Kier molecular flexibility index (Phi) is 6.91. The van der Waals surface area contributed by atoms with Gasteiger partial charge in [-0.25, -0.2) is 4.98 Å². The van der Waals surface area contributed by atoms with E-state index in [1.54, 1.807) is 24.4 Å². The third-order valence-electron chi connectivity index (χ3n) is 5.84. The first-order valence-corrected chi connectivity index (χ1v) is 11.9. The number of aromatic amines is 1. The lowest BCUT2D eigenvalue weighted by molar-refractivity contribution is 0.0961. The average molecular weight is 512 g/mol. The lowest BCUT2D eigenvalue weighted by Gasteiger charge is -2.15. The van der Waals surface area contributed by atoms with E-state index in [2.05, 4.69) is 25.5 Å². The van der Waals surface area contributed by atoms with Crippen LogP contribution in [-0.4, -0.2) is 39.0 Å². The smallest absolute Gasteiger partial charge is 0.255 e. The van der Waals surface area contributed by atoms with Gasteiger partial charge in [-0.15, -0.1) is 0 Å². The van der Waals surface area contributed by atoms with E-state index >= 15 is 0 Å². The van der Waals surface area contributed by atoms with Gasteiger partial charge in [0.1, 0.15) is 5.15 Å². The SMILES string of the molecule is COc1cc(C(=O)NC2=CC(C(=O)c3ccc4c(/C=C/c5ccccn5)n[nH]c4c3)=CCC2)cc(Cl)n1. The lowest BCUT2D eigenvalue weighted by Crippen LogP contribution is -2.24. The van der Waals surface area contributed by atoms with E-state index in [9.17, 15) is 9.59 Å². The summed E-state index contributed by atoms with van der Waals surface area (Å²) in [5.74, 6) is -0.245. The molecule has 4 aromatic rings. The molecule has 0 saturated heterocycles. The predicted octanol–water partition coefficient (Wildman–Crippen LogP) is 5.40. The number of allylic oxidation sites excluding steroid dienone is 4. The largest absolute Gasteiger partial charge is 0.481 e. The van der Waals surface area contributed by atoms with Crippen LogP contribution < -0.4 is 10.1 Å². The predicted molar refractivity (Wildman–Crippen MR) is 142 cm³/mol. The molecule has 37 heavy (non-hydrogen) atoms. The molecule has 5 rings (SSSR count). The van der Waals surface area contributed by atoms with Crippen molar-refractivity contribution in [2.75, 3.05) is 7.11 Å². The van der Waals surface area contributed by atoms with Crippen LogP contribution in [0.15, 0.2) is 78.1 Å². The summed E-state index contributed by atoms with van der Waals surface area (Å²) >= 11 is 5.98. The summed E-state index contributed by atoms with van der Waals surface area (Å²) in [6.45, 7) is 0. The number of nitrogens with zero attached hydrogens (tertiary/aromatic N) is 3. The highest BCUT2D eigenvalue weighted by molar-refractivity contribution is 6.29. The number of nitrogens with one attached hydrogen (secondary N) is 2. The first-order chi connectivity index (χ1) is 18.0. The average Bonchev–Trinajstić information content (AvgIpc) is 3.34. The maximum atomic E-state index is 13.3. The Morgan fingerprint density at radius 3 is 2.81 bits per heavy atom. The van der Waals surface area contributed by atoms with Crippen LogP contribution in [0, 0.1) is 0 Å². The Labute approximate surface area is 217 Å². The molecule has 3 aromatic heterocycles. The molecule has 0 unspecified atom stereocenters. The number of amides is 1. The van der Waals surface area contributed by atoms with E-state index in [0.29, 0.717) is 35.2 Å². The number of H-pyrrole nitrogens is 1. The van der Waals surface area contributed by atoms with Crippen LogP contribution in [0.5, 0.6) is 5.88 Å². The molecule has 2 N–H and O–H groups in total. The van der Waals surface area contributed by atoms with Gasteiger partial charge in [-0.3, -0.25) is 19.7 Å². The molecule has 9 heteroatoms. The van der Waals surface area contributed by atoms with Crippen molar-refractivity contribution < 1.29 is 14.3 Å². The number of carbonyl (C=O) groups excluding carboxylic acids is 2. The number of ketones is 1. The number of methoxy groups -OCH3 is 1. The van der Waals surface area contributed by atoms with Gasteiger partial charge in [0.25, 0.3) is 5.91 Å². The second-order valence-electron chi connectivity index (χ2n) is 8.33. The minimum Gasteiger partial charge on any atom is -0.481 e. The number of hydrogen-bond acceptors (Lipinski definition) is 6. The number of ether oxygens (including phenoxy) is 1. The molecule has 0 saturated carbocycles. The summed E-state index contributed by atoms with van der Waals surface area (Å²) in [5, 5.41) is 11.3. The first kappa shape index (κ1) is 24.1. The molecule has 3 heterocycles.